The standard InChI is InChI=1S/C14H9ClN2O/c15-11-4-5-13-10(9-11)6-8-17(13)14(18)12-3-1-2-7-16-12/h1-9H. The predicted molar refractivity (Wildman–Crippen MR) is 70.9 cm³/mol. The van der Waals surface area contributed by atoms with E-state index in [2.05, 4.69) is 4.98 Å². The quantitative estimate of drug-likeness (QED) is 0.669. The van der Waals surface area contributed by atoms with E-state index in [-0.39, 0.29) is 5.91 Å². The summed E-state index contributed by atoms with van der Waals surface area (Å²) in [7, 11) is 0. The molecule has 0 saturated carbocycles. The van der Waals surface area contributed by atoms with Gasteiger partial charge in [0.25, 0.3) is 5.91 Å². The molecule has 88 valence electrons. The molecule has 2 heterocycles. The fraction of sp³-hybridized carbons (Fsp3) is 0. The molecule has 0 saturated heterocycles. The summed E-state index contributed by atoms with van der Waals surface area (Å²) < 4.78 is 1.58. The lowest BCUT2D eigenvalue weighted by Gasteiger charge is -2.03. The average molecular weight is 257 g/mol. The van der Waals surface area contributed by atoms with E-state index in [4.69, 9.17) is 11.6 Å². The molecule has 0 fully saturated rings. The Balaban J connectivity index is 2.13. The number of aromatic nitrogens is 2. The third-order valence-corrected chi connectivity index (χ3v) is 2.99. The van der Waals surface area contributed by atoms with Crippen molar-refractivity contribution in [2.24, 2.45) is 0 Å². The van der Waals surface area contributed by atoms with E-state index >= 15 is 0 Å². The number of carbonyl (C=O) groups excluding carboxylic acids is 1. The number of hydrogen-bond acceptors (Lipinski definition) is 2. The van der Waals surface area contributed by atoms with Crippen molar-refractivity contribution in [2.75, 3.05) is 0 Å². The van der Waals surface area contributed by atoms with Gasteiger partial charge in [0, 0.05) is 22.8 Å². The van der Waals surface area contributed by atoms with Crippen LogP contribution in [-0.4, -0.2) is 15.5 Å². The molecule has 18 heavy (non-hydrogen) atoms. The van der Waals surface area contributed by atoms with Gasteiger partial charge in [0.1, 0.15) is 5.69 Å². The fourth-order valence-corrected chi connectivity index (χ4v) is 2.08. The third-order valence-electron chi connectivity index (χ3n) is 2.76. The van der Waals surface area contributed by atoms with Crippen LogP contribution >= 0.6 is 11.6 Å². The second kappa shape index (κ2) is 4.27. The second-order valence-electron chi connectivity index (χ2n) is 3.91. The van der Waals surface area contributed by atoms with Crippen LogP contribution < -0.4 is 0 Å². The maximum atomic E-state index is 12.3. The number of halogens is 1. The van der Waals surface area contributed by atoms with Gasteiger partial charge in [-0.25, -0.2) is 0 Å². The lowest BCUT2D eigenvalue weighted by Crippen LogP contribution is -2.11. The highest BCUT2D eigenvalue weighted by molar-refractivity contribution is 6.31. The molecule has 3 rings (SSSR count). The van der Waals surface area contributed by atoms with E-state index in [0.717, 1.165) is 10.9 Å². The minimum Gasteiger partial charge on any atom is -0.282 e. The van der Waals surface area contributed by atoms with Crippen LogP contribution in [0, 0.1) is 0 Å². The van der Waals surface area contributed by atoms with E-state index in [1.165, 1.54) is 0 Å². The maximum absolute atomic E-state index is 12.3. The molecule has 0 aliphatic heterocycles. The first-order valence-electron chi connectivity index (χ1n) is 5.48. The van der Waals surface area contributed by atoms with Gasteiger partial charge in [-0.15, -0.1) is 0 Å². The Bertz CT molecular complexity index is 719. The average Bonchev–Trinajstić information content (AvgIpc) is 2.81. The van der Waals surface area contributed by atoms with E-state index in [0.29, 0.717) is 10.7 Å². The zero-order valence-electron chi connectivity index (χ0n) is 9.38. The first-order valence-corrected chi connectivity index (χ1v) is 5.86. The smallest absolute Gasteiger partial charge is 0.280 e. The second-order valence-corrected chi connectivity index (χ2v) is 4.35. The van der Waals surface area contributed by atoms with Crippen molar-refractivity contribution in [1.29, 1.82) is 0 Å². The van der Waals surface area contributed by atoms with Crippen LogP contribution in [-0.2, 0) is 0 Å². The van der Waals surface area contributed by atoms with Crippen LogP contribution in [0.2, 0.25) is 5.02 Å². The van der Waals surface area contributed by atoms with Crippen molar-refractivity contribution in [1.82, 2.24) is 9.55 Å². The van der Waals surface area contributed by atoms with Gasteiger partial charge in [0.05, 0.1) is 5.52 Å². The lowest BCUT2D eigenvalue weighted by molar-refractivity contribution is 0.0960. The van der Waals surface area contributed by atoms with Gasteiger partial charge < -0.3 is 0 Å². The summed E-state index contributed by atoms with van der Waals surface area (Å²) in [6.07, 6.45) is 3.34. The van der Waals surface area contributed by atoms with Gasteiger partial charge in [-0.05, 0) is 36.4 Å². The van der Waals surface area contributed by atoms with Crippen molar-refractivity contribution in [3.05, 3.63) is 65.6 Å². The van der Waals surface area contributed by atoms with Gasteiger partial charge in [-0.1, -0.05) is 17.7 Å². The first kappa shape index (κ1) is 11.0. The third kappa shape index (κ3) is 1.79. The van der Waals surface area contributed by atoms with Crippen LogP contribution in [0.3, 0.4) is 0 Å². The molecule has 0 aliphatic carbocycles. The summed E-state index contributed by atoms with van der Waals surface area (Å²) in [6, 6.07) is 12.6. The van der Waals surface area contributed by atoms with E-state index in [1.54, 1.807) is 41.2 Å². The molecular weight excluding hydrogens is 248 g/mol. The molecule has 2 aromatic heterocycles. The van der Waals surface area contributed by atoms with Crippen LogP contribution in [0.5, 0.6) is 0 Å². The maximum Gasteiger partial charge on any atom is 0.280 e. The van der Waals surface area contributed by atoms with Gasteiger partial charge in [0.2, 0.25) is 0 Å². The van der Waals surface area contributed by atoms with Crippen LogP contribution in [0.1, 0.15) is 10.5 Å². The number of hydrogen-bond donors (Lipinski definition) is 0. The Hall–Kier alpha value is -2.13. The Labute approximate surface area is 109 Å². The molecule has 0 N–H and O–H groups in total. The molecule has 0 amide bonds. The minimum atomic E-state index is -0.145. The number of carbonyl (C=O) groups is 1. The molecule has 0 spiro atoms. The molecule has 0 aliphatic rings. The number of rotatable bonds is 1. The van der Waals surface area contributed by atoms with Crippen LogP contribution in [0.25, 0.3) is 10.9 Å². The summed E-state index contributed by atoms with van der Waals surface area (Å²) in [6.45, 7) is 0. The predicted octanol–water partition coefficient (Wildman–Crippen LogP) is 3.38. The number of benzene rings is 1. The number of nitrogens with zero attached hydrogens (tertiary/aromatic N) is 2. The highest BCUT2D eigenvalue weighted by Crippen LogP contribution is 2.21. The summed E-state index contributed by atoms with van der Waals surface area (Å²) >= 11 is 5.92. The molecule has 0 radical (unpaired) electrons. The van der Waals surface area contributed by atoms with Crippen LogP contribution in [0.4, 0.5) is 0 Å². The largest absolute Gasteiger partial charge is 0.282 e. The minimum absolute atomic E-state index is 0.145. The van der Waals surface area contributed by atoms with Crippen molar-refractivity contribution in [3.63, 3.8) is 0 Å². The van der Waals surface area contributed by atoms with Crippen molar-refractivity contribution >= 4 is 28.4 Å². The van der Waals surface area contributed by atoms with Crippen molar-refractivity contribution < 1.29 is 4.79 Å². The summed E-state index contributed by atoms with van der Waals surface area (Å²) in [5, 5.41) is 1.59. The Kier molecular flexibility index (Phi) is 2.61. The van der Waals surface area contributed by atoms with Gasteiger partial charge in [-0.3, -0.25) is 14.3 Å². The SMILES string of the molecule is O=C(c1ccccn1)n1ccc2cc(Cl)ccc21. The fourth-order valence-electron chi connectivity index (χ4n) is 1.90. The Morgan fingerprint density at radius 3 is 2.83 bits per heavy atom. The normalized spacial score (nSPS) is 10.7. The first-order chi connectivity index (χ1) is 8.75. The summed E-state index contributed by atoms with van der Waals surface area (Å²) in [5.41, 5.74) is 1.25. The Morgan fingerprint density at radius 1 is 1.17 bits per heavy atom. The zero-order chi connectivity index (χ0) is 12.5. The lowest BCUT2D eigenvalue weighted by atomic mass is 10.2. The molecule has 3 aromatic rings. The van der Waals surface area contributed by atoms with Gasteiger partial charge >= 0.3 is 0 Å². The highest BCUT2D eigenvalue weighted by atomic mass is 35.5. The molecule has 3 nitrogen and oxygen atoms in total. The molecular formula is C14H9ClN2O. The van der Waals surface area contributed by atoms with Crippen molar-refractivity contribution in [3.8, 4) is 0 Å². The molecule has 1 aromatic carbocycles. The monoisotopic (exact) mass is 256 g/mol. The highest BCUT2D eigenvalue weighted by Gasteiger charge is 2.12. The van der Waals surface area contributed by atoms with E-state index in [1.807, 2.05) is 18.2 Å². The van der Waals surface area contributed by atoms with Crippen LogP contribution in [0.15, 0.2) is 54.9 Å². The summed E-state index contributed by atoms with van der Waals surface area (Å²) in [5.74, 6) is -0.145. The Morgan fingerprint density at radius 2 is 2.06 bits per heavy atom. The molecule has 0 atom stereocenters. The number of pyridine rings is 1. The topological polar surface area (TPSA) is 34.9 Å². The molecule has 0 unspecified atom stereocenters. The summed E-state index contributed by atoms with van der Waals surface area (Å²) in [4.78, 5) is 16.3. The van der Waals surface area contributed by atoms with Gasteiger partial charge in [-0.2, -0.15) is 0 Å². The van der Waals surface area contributed by atoms with E-state index < -0.39 is 0 Å². The molecule has 0 bridgehead atoms. The molecule has 4 heteroatoms. The number of fused-ring (bicyclic) bond motifs is 1. The zero-order valence-corrected chi connectivity index (χ0v) is 10.1. The van der Waals surface area contributed by atoms with Gasteiger partial charge in [0.15, 0.2) is 0 Å². The van der Waals surface area contributed by atoms with E-state index in [9.17, 15) is 4.79 Å². The van der Waals surface area contributed by atoms with Crippen molar-refractivity contribution in [2.45, 2.75) is 0 Å².